The Morgan fingerprint density at radius 1 is 1.10 bits per heavy atom. The Bertz CT molecular complexity index is 861. The van der Waals surface area contributed by atoms with E-state index >= 15 is 0 Å². The Hall–Kier alpha value is -2.45. The van der Waals surface area contributed by atoms with E-state index in [0.717, 1.165) is 56.3 Å². The molecule has 0 aliphatic carbocycles. The summed E-state index contributed by atoms with van der Waals surface area (Å²) < 4.78 is 20.5. The van der Waals surface area contributed by atoms with Gasteiger partial charge in [-0.2, -0.15) is 0 Å². The van der Waals surface area contributed by atoms with Crippen LogP contribution in [-0.2, 0) is 6.54 Å². The first-order chi connectivity index (χ1) is 13.7. The second-order valence-electron chi connectivity index (χ2n) is 7.08. The van der Waals surface area contributed by atoms with Crippen molar-refractivity contribution >= 4 is 18.1 Å². The van der Waals surface area contributed by atoms with E-state index in [9.17, 15) is 4.39 Å². The van der Waals surface area contributed by atoms with E-state index in [4.69, 9.17) is 4.42 Å². The van der Waals surface area contributed by atoms with Crippen molar-refractivity contribution in [1.82, 2.24) is 25.1 Å². The minimum atomic E-state index is -0.200. The lowest BCUT2D eigenvalue weighted by molar-refractivity contribution is 0.164. The zero-order chi connectivity index (χ0) is 19.3. The third kappa shape index (κ3) is 4.94. The number of furan rings is 1. The number of nitrogens with zero attached hydrogens (tertiary/aromatic N) is 6. The van der Waals surface area contributed by atoms with Gasteiger partial charge in [-0.25, -0.2) is 9.07 Å². The van der Waals surface area contributed by atoms with Gasteiger partial charge in [-0.15, -0.1) is 17.5 Å². The maximum atomic E-state index is 13.2. The number of aromatic nitrogens is 4. The van der Waals surface area contributed by atoms with Gasteiger partial charge in [0.05, 0.1) is 12.3 Å². The van der Waals surface area contributed by atoms with Crippen LogP contribution in [0.25, 0.3) is 0 Å². The zero-order valence-electron chi connectivity index (χ0n) is 16.4. The van der Waals surface area contributed by atoms with Crippen LogP contribution in [0, 0.1) is 5.82 Å². The van der Waals surface area contributed by atoms with Crippen molar-refractivity contribution in [3.63, 3.8) is 0 Å². The van der Waals surface area contributed by atoms with E-state index in [1.165, 1.54) is 12.1 Å². The molecule has 1 fully saturated rings. The highest BCUT2D eigenvalue weighted by Crippen LogP contribution is 2.27. The van der Waals surface area contributed by atoms with Gasteiger partial charge in [0.1, 0.15) is 18.1 Å². The standard InChI is InChI=1S/C20H25FN6O.ClH/c1-2-4-19(20-22-23-24-27(20)15-18-5-3-14-28-18)26-12-10-25(11-13-26)17-8-6-16(21)7-9-17;/h3,5-9,14,19H,2,4,10-13,15H2,1H3;1H. The predicted molar refractivity (Wildman–Crippen MR) is 111 cm³/mol. The zero-order valence-corrected chi connectivity index (χ0v) is 17.3. The summed E-state index contributed by atoms with van der Waals surface area (Å²) in [6.07, 6.45) is 3.71. The van der Waals surface area contributed by atoms with Gasteiger partial charge in [0.25, 0.3) is 0 Å². The van der Waals surface area contributed by atoms with Gasteiger partial charge in [0, 0.05) is 31.9 Å². The molecule has 1 aliphatic heterocycles. The lowest BCUT2D eigenvalue weighted by atomic mass is 10.1. The molecule has 1 atom stereocenters. The van der Waals surface area contributed by atoms with Crippen LogP contribution in [0.5, 0.6) is 0 Å². The highest BCUT2D eigenvalue weighted by molar-refractivity contribution is 5.85. The van der Waals surface area contributed by atoms with Gasteiger partial charge in [0.15, 0.2) is 5.82 Å². The van der Waals surface area contributed by atoms with E-state index in [1.807, 2.05) is 28.9 Å². The molecule has 0 N–H and O–H groups in total. The molecule has 1 aromatic carbocycles. The lowest BCUT2D eigenvalue weighted by Crippen LogP contribution is -2.48. The summed E-state index contributed by atoms with van der Waals surface area (Å²) in [5, 5.41) is 12.4. The Morgan fingerprint density at radius 2 is 1.86 bits per heavy atom. The minimum Gasteiger partial charge on any atom is -0.467 e. The fourth-order valence-corrected chi connectivity index (χ4v) is 3.81. The SMILES string of the molecule is CCCC(c1nnnn1Cc1ccco1)N1CCN(c2ccc(F)cc2)CC1.Cl. The van der Waals surface area contributed by atoms with Crippen LogP contribution in [0.1, 0.15) is 37.4 Å². The molecular weight excluding hydrogens is 395 g/mol. The summed E-state index contributed by atoms with van der Waals surface area (Å²) in [4.78, 5) is 4.75. The number of halogens is 2. The van der Waals surface area contributed by atoms with Gasteiger partial charge in [-0.05, 0) is 53.2 Å². The van der Waals surface area contributed by atoms with Gasteiger partial charge in [-0.3, -0.25) is 4.90 Å². The number of rotatable bonds is 7. The normalized spacial score (nSPS) is 15.9. The van der Waals surface area contributed by atoms with Crippen LogP contribution >= 0.6 is 12.4 Å². The summed E-state index contributed by atoms with van der Waals surface area (Å²) in [6.45, 7) is 6.33. The van der Waals surface area contributed by atoms with Gasteiger partial charge >= 0.3 is 0 Å². The van der Waals surface area contributed by atoms with Crippen LogP contribution in [0.4, 0.5) is 10.1 Å². The molecule has 0 amide bonds. The van der Waals surface area contributed by atoms with Crippen molar-refractivity contribution in [2.24, 2.45) is 0 Å². The number of tetrazole rings is 1. The van der Waals surface area contributed by atoms with Crippen molar-refractivity contribution in [3.8, 4) is 0 Å². The fraction of sp³-hybridized carbons (Fsp3) is 0.450. The number of hydrogen-bond acceptors (Lipinski definition) is 6. The third-order valence-electron chi connectivity index (χ3n) is 5.25. The molecule has 0 saturated carbocycles. The number of anilines is 1. The quantitative estimate of drug-likeness (QED) is 0.582. The van der Waals surface area contributed by atoms with Gasteiger partial charge in [-0.1, -0.05) is 13.3 Å². The Balaban J connectivity index is 0.00000240. The van der Waals surface area contributed by atoms with Crippen LogP contribution in [-0.4, -0.2) is 51.3 Å². The van der Waals surface area contributed by atoms with E-state index < -0.39 is 0 Å². The smallest absolute Gasteiger partial charge is 0.168 e. The van der Waals surface area contributed by atoms with Gasteiger partial charge in [0.2, 0.25) is 0 Å². The molecule has 0 radical (unpaired) electrons. The van der Waals surface area contributed by atoms with Crippen LogP contribution in [0.15, 0.2) is 47.1 Å². The average Bonchev–Trinajstić information content (AvgIpc) is 3.40. The van der Waals surface area contributed by atoms with Crippen LogP contribution in [0.2, 0.25) is 0 Å². The van der Waals surface area contributed by atoms with Crippen LogP contribution in [0.3, 0.4) is 0 Å². The molecule has 156 valence electrons. The molecule has 1 saturated heterocycles. The first-order valence-electron chi connectivity index (χ1n) is 9.77. The van der Waals surface area contributed by atoms with E-state index in [2.05, 4.69) is 32.2 Å². The topological polar surface area (TPSA) is 63.2 Å². The molecule has 29 heavy (non-hydrogen) atoms. The average molecular weight is 421 g/mol. The van der Waals surface area contributed by atoms with E-state index in [-0.39, 0.29) is 24.3 Å². The number of hydrogen-bond donors (Lipinski definition) is 0. The molecular formula is C20H26ClFN6O. The molecule has 3 heterocycles. The molecule has 9 heteroatoms. The predicted octanol–water partition coefficient (Wildman–Crippen LogP) is 3.54. The summed E-state index contributed by atoms with van der Waals surface area (Å²) >= 11 is 0. The molecule has 0 bridgehead atoms. The van der Waals surface area contributed by atoms with Crippen molar-refractivity contribution < 1.29 is 8.81 Å². The summed E-state index contributed by atoms with van der Waals surface area (Å²) in [6, 6.07) is 10.7. The highest BCUT2D eigenvalue weighted by atomic mass is 35.5. The first kappa shape index (κ1) is 21.3. The van der Waals surface area contributed by atoms with Crippen molar-refractivity contribution in [3.05, 3.63) is 60.1 Å². The largest absolute Gasteiger partial charge is 0.467 e. The second kappa shape index (κ2) is 9.84. The molecule has 0 spiro atoms. The maximum absolute atomic E-state index is 13.2. The molecule has 1 unspecified atom stereocenters. The first-order valence-corrected chi connectivity index (χ1v) is 9.77. The van der Waals surface area contributed by atoms with Gasteiger partial charge < -0.3 is 9.32 Å². The molecule has 7 nitrogen and oxygen atoms in total. The molecule has 1 aliphatic rings. The summed E-state index contributed by atoms with van der Waals surface area (Å²) in [7, 11) is 0. The summed E-state index contributed by atoms with van der Waals surface area (Å²) in [5.74, 6) is 1.52. The molecule has 3 aromatic rings. The number of benzene rings is 1. The van der Waals surface area contributed by atoms with E-state index in [0.29, 0.717) is 6.54 Å². The Morgan fingerprint density at radius 3 is 2.52 bits per heavy atom. The fourth-order valence-electron chi connectivity index (χ4n) is 3.81. The Kier molecular flexibility index (Phi) is 7.22. The second-order valence-corrected chi connectivity index (χ2v) is 7.08. The lowest BCUT2D eigenvalue weighted by Gasteiger charge is -2.39. The third-order valence-corrected chi connectivity index (χ3v) is 5.25. The van der Waals surface area contributed by atoms with Crippen LogP contribution < -0.4 is 4.90 Å². The number of piperazine rings is 1. The van der Waals surface area contributed by atoms with Crippen molar-refractivity contribution in [1.29, 1.82) is 0 Å². The van der Waals surface area contributed by atoms with Crippen molar-refractivity contribution in [2.45, 2.75) is 32.4 Å². The monoisotopic (exact) mass is 420 g/mol. The minimum absolute atomic E-state index is 0. The highest BCUT2D eigenvalue weighted by Gasteiger charge is 2.28. The van der Waals surface area contributed by atoms with Crippen molar-refractivity contribution in [2.75, 3.05) is 31.1 Å². The molecule has 4 rings (SSSR count). The molecule has 2 aromatic heterocycles. The van der Waals surface area contributed by atoms with E-state index in [1.54, 1.807) is 6.26 Å². The summed E-state index contributed by atoms with van der Waals surface area (Å²) in [5.41, 5.74) is 1.07. The maximum Gasteiger partial charge on any atom is 0.168 e. The Labute approximate surface area is 175 Å².